The first-order chi connectivity index (χ1) is 7.34. The molecule has 0 bridgehead atoms. The molecule has 0 aromatic carbocycles. The Balaban J connectivity index is 1.99. The van der Waals surface area contributed by atoms with E-state index in [9.17, 15) is 0 Å². The van der Waals surface area contributed by atoms with Crippen molar-refractivity contribution in [3.8, 4) is 0 Å². The summed E-state index contributed by atoms with van der Waals surface area (Å²) in [6.07, 6.45) is 3.26. The number of pyridine rings is 1. The van der Waals surface area contributed by atoms with Crippen LogP contribution in [0.4, 0.5) is 0 Å². The van der Waals surface area contributed by atoms with E-state index in [1.165, 1.54) is 6.33 Å². The third-order valence-electron chi connectivity index (χ3n) is 1.70. The minimum atomic E-state index is 0.524. The normalized spacial score (nSPS) is 10.2. The van der Waals surface area contributed by atoms with Crippen LogP contribution in [0.3, 0.4) is 0 Å². The number of rotatable bonds is 3. The molecule has 0 aliphatic carbocycles. The fourth-order valence-corrected chi connectivity index (χ4v) is 1.96. The van der Waals surface area contributed by atoms with Crippen molar-refractivity contribution >= 4 is 23.4 Å². The van der Waals surface area contributed by atoms with E-state index < -0.39 is 0 Å². The lowest BCUT2D eigenvalue weighted by molar-refractivity contribution is 1.04. The van der Waals surface area contributed by atoms with Gasteiger partial charge in [-0.05, 0) is 18.2 Å². The maximum atomic E-state index is 5.78. The predicted molar refractivity (Wildman–Crippen MR) is 60.8 cm³/mol. The summed E-state index contributed by atoms with van der Waals surface area (Å²) in [5.41, 5.74) is 0.950. The van der Waals surface area contributed by atoms with Crippen LogP contribution < -0.4 is 0 Å². The van der Waals surface area contributed by atoms with Crippen molar-refractivity contribution in [2.45, 2.75) is 10.8 Å². The number of halogens is 1. The fourth-order valence-electron chi connectivity index (χ4n) is 1.04. The maximum absolute atomic E-state index is 5.78. The van der Waals surface area contributed by atoms with Crippen LogP contribution in [-0.2, 0) is 5.75 Å². The van der Waals surface area contributed by atoms with E-state index in [2.05, 4.69) is 15.0 Å². The second-order valence-electron chi connectivity index (χ2n) is 2.79. The number of thioether (sulfide) groups is 1. The summed E-state index contributed by atoms with van der Waals surface area (Å²) in [5.74, 6) is 0.761. The summed E-state index contributed by atoms with van der Waals surface area (Å²) in [4.78, 5) is 12.2. The lowest BCUT2D eigenvalue weighted by Crippen LogP contribution is -1.87. The molecule has 0 fully saturated rings. The summed E-state index contributed by atoms with van der Waals surface area (Å²) in [7, 11) is 0. The Morgan fingerprint density at radius 2 is 2.20 bits per heavy atom. The smallest absolute Gasteiger partial charge is 0.129 e. The molecule has 3 nitrogen and oxygen atoms in total. The van der Waals surface area contributed by atoms with E-state index in [-0.39, 0.29) is 0 Å². The summed E-state index contributed by atoms with van der Waals surface area (Å²) in [6.45, 7) is 0. The molecule has 2 heterocycles. The molecule has 5 heteroatoms. The SMILES string of the molecule is Clc1cccc(CSc2ccncn2)n1. The summed E-state index contributed by atoms with van der Waals surface area (Å²) in [5, 5.41) is 1.46. The molecule has 0 radical (unpaired) electrons. The zero-order valence-corrected chi connectivity index (χ0v) is 9.37. The monoisotopic (exact) mass is 237 g/mol. The van der Waals surface area contributed by atoms with Gasteiger partial charge in [0.05, 0.1) is 10.7 Å². The minimum absolute atomic E-state index is 0.524. The largest absolute Gasteiger partial charge is 0.245 e. The van der Waals surface area contributed by atoms with Crippen molar-refractivity contribution in [2.24, 2.45) is 0 Å². The highest BCUT2D eigenvalue weighted by molar-refractivity contribution is 7.98. The van der Waals surface area contributed by atoms with Crippen LogP contribution in [0.1, 0.15) is 5.69 Å². The first kappa shape index (κ1) is 10.4. The molecule has 0 atom stereocenters. The molecular formula is C10H8ClN3S. The van der Waals surface area contributed by atoms with Crippen molar-refractivity contribution in [3.05, 3.63) is 47.6 Å². The average molecular weight is 238 g/mol. The molecule has 76 valence electrons. The molecule has 0 aliphatic heterocycles. The Morgan fingerprint density at radius 3 is 2.93 bits per heavy atom. The van der Waals surface area contributed by atoms with Crippen LogP contribution in [0.25, 0.3) is 0 Å². The Bertz CT molecular complexity index is 436. The standard InChI is InChI=1S/C10H8ClN3S/c11-9-3-1-2-8(14-9)6-15-10-4-5-12-7-13-10/h1-5,7H,6H2. The van der Waals surface area contributed by atoms with Crippen LogP contribution in [0, 0.1) is 0 Å². The maximum Gasteiger partial charge on any atom is 0.129 e. The van der Waals surface area contributed by atoms with Gasteiger partial charge in [-0.2, -0.15) is 0 Å². The topological polar surface area (TPSA) is 38.7 Å². The van der Waals surface area contributed by atoms with Gasteiger partial charge >= 0.3 is 0 Å². The van der Waals surface area contributed by atoms with Gasteiger partial charge in [-0.25, -0.2) is 15.0 Å². The summed E-state index contributed by atoms with van der Waals surface area (Å²) >= 11 is 7.39. The Labute approximate surface area is 96.9 Å². The van der Waals surface area contributed by atoms with Gasteiger partial charge in [-0.3, -0.25) is 0 Å². The lowest BCUT2D eigenvalue weighted by atomic mass is 10.4. The van der Waals surface area contributed by atoms with E-state index in [0.29, 0.717) is 5.15 Å². The van der Waals surface area contributed by atoms with Crippen molar-refractivity contribution in [1.82, 2.24) is 15.0 Å². The minimum Gasteiger partial charge on any atom is -0.245 e. The van der Waals surface area contributed by atoms with Crippen LogP contribution in [-0.4, -0.2) is 15.0 Å². The zero-order valence-electron chi connectivity index (χ0n) is 7.80. The molecule has 0 amide bonds. The van der Waals surface area contributed by atoms with Gasteiger partial charge in [-0.15, -0.1) is 0 Å². The highest BCUT2D eigenvalue weighted by Gasteiger charge is 1.98. The van der Waals surface area contributed by atoms with Crippen LogP contribution in [0.2, 0.25) is 5.15 Å². The molecular weight excluding hydrogens is 230 g/mol. The van der Waals surface area contributed by atoms with E-state index in [1.807, 2.05) is 18.2 Å². The molecule has 15 heavy (non-hydrogen) atoms. The van der Waals surface area contributed by atoms with Gasteiger partial charge in [0, 0.05) is 11.9 Å². The first-order valence-electron chi connectivity index (χ1n) is 4.35. The molecule has 0 saturated carbocycles. The van der Waals surface area contributed by atoms with Crippen molar-refractivity contribution in [3.63, 3.8) is 0 Å². The average Bonchev–Trinajstić information content (AvgIpc) is 2.28. The van der Waals surface area contributed by atoms with Gasteiger partial charge in [0.25, 0.3) is 0 Å². The molecule has 0 N–H and O–H groups in total. The molecule has 2 aromatic rings. The van der Waals surface area contributed by atoms with Crippen molar-refractivity contribution in [2.75, 3.05) is 0 Å². The molecule has 2 rings (SSSR count). The third-order valence-corrected chi connectivity index (χ3v) is 2.88. The quantitative estimate of drug-likeness (QED) is 0.468. The lowest BCUT2D eigenvalue weighted by Gasteiger charge is -2.00. The van der Waals surface area contributed by atoms with Gasteiger partial charge in [0.15, 0.2) is 0 Å². The molecule has 2 aromatic heterocycles. The molecule has 0 aliphatic rings. The van der Waals surface area contributed by atoms with Gasteiger partial charge in [-0.1, -0.05) is 29.4 Å². The van der Waals surface area contributed by atoms with E-state index >= 15 is 0 Å². The molecule has 0 unspecified atom stereocenters. The molecule has 0 spiro atoms. The van der Waals surface area contributed by atoms with E-state index in [0.717, 1.165) is 16.5 Å². The third kappa shape index (κ3) is 3.18. The van der Waals surface area contributed by atoms with Crippen molar-refractivity contribution in [1.29, 1.82) is 0 Å². The van der Waals surface area contributed by atoms with Crippen LogP contribution >= 0.6 is 23.4 Å². The predicted octanol–water partition coefficient (Wildman–Crippen LogP) is 2.82. The number of hydrogen-bond acceptors (Lipinski definition) is 4. The highest BCUT2D eigenvalue weighted by Crippen LogP contribution is 2.19. The van der Waals surface area contributed by atoms with Gasteiger partial charge in [0.1, 0.15) is 11.5 Å². The Kier molecular flexibility index (Phi) is 3.53. The summed E-state index contributed by atoms with van der Waals surface area (Å²) in [6, 6.07) is 7.47. The number of hydrogen-bond donors (Lipinski definition) is 0. The Morgan fingerprint density at radius 1 is 1.27 bits per heavy atom. The van der Waals surface area contributed by atoms with Gasteiger partial charge in [0.2, 0.25) is 0 Å². The van der Waals surface area contributed by atoms with E-state index in [1.54, 1.807) is 24.0 Å². The number of aromatic nitrogens is 3. The first-order valence-corrected chi connectivity index (χ1v) is 5.71. The van der Waals surface area contributed by atoms with Crippen LogP contribution in [0.15, 0.2) is 41.8 Å². The zero-order chi connectivity index (χ0) is 10.5. The summed E-state index contributed by atoms with van der Waals surface area (Å²) < 4.78 is 0. The second kappa shape index (κ2) is 5.09. The van der Waals surface area contributed by atoms with Gasteiger partial charge < -0.3 is 0 Å². The fraction of sp³-hybridized carbons (Fsp3) is 0.100. The van der Waals surface area contributed by atoms with Crippen molar-refractivity contribution < 1.29 is 0 Å². The second-order valence-corrected chi connectivity index (χ2v) is 4.17. The van der Waals surface area contributed by atoms with Crippen LogP contribution in [0.5, 0.6) is 0 Å². The highest BCUT2D eigenvalue weighted by atomic mass is 35.5. The number of nitrogens with zero attached hydrogens (tertiary/aromatic N) is 3. The molecule has 0 saturated heterocycles. The Hall–Kier alpha value is -1.13. The van der Waals surface area contributed by atoms with E-state index in [4.69, 9.17) is 11.6 Å².